The van der Waals surface area contributed by atoms with Crippen molar-refractivity contribution in [3.63, 3.8) is 0 Å². The van der Waals surface area contributed by atoms with E-state index in [1.54, 1.807) is 7.11 Å². The van der Waals surface area contributed by atoms with Gasteiger partial charge in [-0.3, -0.25) is 0 Å². The van der Waals surface area contributed by atoms with Gasteiger partial charge in [0.15, 0.2) is 0 Å². The van der Waals surface area contributed by atoms with Gasteiger partial charge in [-0.25, -0.2) is 0 Å². The number of benzene rings is 3. The van der Waals surface area contributed by atoms with Crippen LogP contribution in [0.15, 0.2) is 66.7 Å². The Morgan fingerprint density at radius 2 is 1.58 bits per heavy atom. The molecular weight excluding hydrogens is 346 g/mol. The van der Waals surface area contributed by atoms with E-state index < -0.39 is 0 Å². The maximum Gasteiger partial charge on any atom is 0.138 e. The lowest BCUT2D eigenvalue weighted by atomic mass is 10.1. The Bertz CT molecular complexity index is 845. The van der Waals surface area contributed by atoms with Gasteiger partial charge >= 0.3 is 0 Å². The molecule has 0 radical (unpaired) electrons. The second kappa shape index (κ2) is 8.63. The first-order chi connectivity index (χ1) is 12.6. The summed E-state index contributed by atoms with van der Waals surface area (Å²) in [5.74, 6) is 1.54. The summed E-state index contributed by atoms with van der Waals surface area (Å²) in [4.78, 5) is 0. The minimum absolute atomic E-state index is 0.503. The zero-order valence-electron chi connectivity index (χ0n) is 15.0. The van der Waals surface area contributed by atoms with E-state index >= 15 is 0 Å². The molecule has 3 nitrogen and oxygen atoms in total. The zero-order valence-corrected chi connectivity index (χ0v) is 15.7. The van der Waals surface area contributed by atoms with Gasteiger partial charge in [-0.2, -0.15) is 0 Å². The highest BCUT2D eigenvalue weighted by atomic mass is 35.5. The summed E-state index contributed by atoms with van der Waals surface area (Å²) in [6.07, 6.45) is 0. The van der Waals surface area contributed by atoms with Gasteiger partial charge in [-0.15, -0.1) is 0 Å². The van der Waals surface area contributed by atoms with E-state index in [0.717, 1.165) is 22.6 Å². The van der Waals surface area contributed by atoms with Crippen molar-refractivity contribution in [2.75, 3.05) is 12.4 Å². The third-order valence-electron chi connectivity index (χ3n) is 4.10. The van der Waals surface area contributed by atoms with Crippen LogP contribution in [-0.4, -0.2) is 7.11 Å². The smallest absolute Gasteiger partial charge is 0.138 e. The Balaban J connectivity index is 1.57. The van der Waals surface area contributed by atoms with Crippen molar-refractivity contribution in [3.05, 3.63) is 88.4 Å². The molecule has 1 N–H and O–H groups in total. The van der Waals surface area contributed by atoms with Crippen molar-refractivity contribution in [2.45, 2.75) is 20.1 Å². The van der Waals surface area contributed by atoms with E-state index in [2.05, 4.69) is 36.5 Å². The predicted octanol–water partition coefficient (Wildman–Crippen LogP) is 5.85. The molecule has 4 heteroatoms. The van der Waals surface area contributed by atoms with Gasteiger partial charge in [0.05, 0.1) is 12.1 Å². The Hall–Kier alpha value is -2.65. The Kier molecular flexibility index (Phi) is 6.03. The average molecular weight is 368 g/mol. The molecule has 0 saturated heterocycles. The van der Waals surface area contributed by atoms with E-state index in [1.165, 1.54) is 5.56 Å². The maximum atomic E-state index is 6.37. The van der Waals surface area contributed by atoms with Gasteiger partial charge < -0.3 is 14.8 Å². The first-order valence-electron chi connectivity index (χ1n) is 8.49. The summed E-state index contributed by atoms with van der Waals surface area (Å²) in [6.45, 7) is 3.26. The van der Waals surface area contributed by atoms with Gasteiger partial charge in [-0.1, -0.05) is 47.5 Å². The van der Waals surface area contributed by atoms with Crippen LogP contribution >= 0.6 is 11.6 Å². The van der Waals surface area contributed by atoms with Gasteiger partial charge in [0.25, 0.3) is 0 Å². The monoisotopic (exact) mass is 367 g/mol. The number of nitrogens with one attached hydrogen (secondary N) is 1. The number of hydrogen-bond donors (Lipinski definition) is 1. The first kappa shape index (κ1) is 18.2. The highest BCUT2D eigenvalue weighted by Gasteiger charge is 2.04. The molecule has 0 aromatic heterocycles. The molecule has 3 rings (SSSR count). The molecule has 0 aliphatic carbocycles. The van der Waals surface area contributed by atoms with Gasteiger partial charge in [0.2, 0.25) is 0 Å². The molecule has 0 fully saturated rings. The zero-order chi connectivity index (χ0) is 18.4. The fourth-order valence-corrected chi connectivity index (χ4v) is 2.79. The molecule has 0 atom stereocenters. The number of methoxy groups -OCH3 is 1. The summed E-state index contributed by atoms with van der Waals surface area (Å²) in [6, 6.07) is 22.0. The van der Waals surface area contributed by atoms with Crippen molar-refractivity contribution in [2.24, 2.45) is 0 Å². The normalized spacial score (nSPS) is 10.4. The fraction of sp³-hybridized carbons (Fsp3) is 0.182. The number of ether oxygens (including phenoxy) is 2. The topological polar surface area (TPSA) is 30.5 Å². The van der Waals surface area contributed by atoms with Crippen molar-refractivity contribution in [3.8, 4) is 11.5 Å². The highest BCUT2D eigenvalue weighted by molar-refractivity contribution is 6.32. The molecule has 3 aromatic rings. The Labute approximate surface area is 159 Å². The van der Waals surface area contributed by atoms with Crippen LogP contribution in [-0.2, 0) is 13.2 Å². The quantitative estimate of drug-likeness (QED) is 0.568. The summed E-state index contributed by atoms with van der Waals surface area (Å²) >= 11 is 6.37. The molecule has 0 heterocycles. The standard InChI is InChI=1S/C22H22ClNO2/c1-16-3-5-17(6-4-16)15-26-22-12-7-18(13-21(22)23)14-24-19-8-10-20(25-2)11-9-19/h3-13,24H,14-15H2,1-2H3. The maximum absolute atomic E-state index is 6.37. The van der Waals surface area contributed by atoms with Crippen molar-refractivity contribution in [1.29, 1.82) is 0 Å². The van der Waals surface area contributed by atoms with Crippen molar-refractivity contribution >= 4 is 17.3 Å². The molecule has 0 aliphatic rings. The number of aryl methyl sites for hydroxylation is 1. The largest absolute Gasteiger partial charge is 0.497 e. The third-order valence-corrected chi connectivity index (χ3v) is 4.39. The molecule has 0 aliphatic heterocycles. The Morgan fingerprint density at radius 1 is 0.885 bits per heavy atom. The highest BCUT2D eigenvalue weighted by Crippen LogP contribution is 2.27. The molecular formula is C22H22ClNO2. The van der Waals surface area contributed by atoms with E-state index in [9.17, 15) is 0 Å². The molecule has 0 amide bonds. The van der Waals surface area contributed by atoms with Crippen LogP contribution in [0.2, 0.25) is 5.02 Å². The lowest BCUT2D eigenvalue weighted by Crippen LogP contribution is -2.00. The van der Waals surface area contributed by atoms with Crippen LogP contribution in [0.3, 0.4) is 0 Å². The van der Waals surface area contributed by atoms with E-state index in [1.807, 2.05) is 42.5 Å². The molecule has 0 unspecified atom stereocenters. The minimum Gasteiger partial charge on any atom is -0.497 e. The summed E-state index contributed by atoms with van der Waals surface area (Å²) < 4.78 is 11.0. The lowest BCUT2D eigenvalue weighted by Gasteiger charge is -2.11. The van der Waals surface area contributed by atoms with Gasteiger partial charge in [-0.05, 0) is 54.4 Å². The van der Waals surface area contributed by atoms with Crippen LogP contribution < -0.4 is 14.8 Å². The van der Waals surface area contributed by atoms with Gasteiger partial charge in [0.1, 0.15) is 18.1 Å². The van der Waals surface area contributed by atoms with Crippen molar-refractivity contribution in [1.82, 2.24) is 0 Å². The van der Waals surface area contributed by atoms with E-state index in [4.69, 9.17) is 21.1 Å². The number of anilines is 1. The van der Waals surface area contributed by atoms with E-state index in [0.29, 0.717) is 23.9 Å². The molecule has 0 spiro atoms. The summed E-state index contributed by atoms with van der Waals surface area (Å²) in [5, 5.41) is 3.98. The van der Waals surface area contributed by atoms with E-state index in [-0.39, 0.29) is 0 Å². The Morgan fingerprint density at radius 3 is 2.23 bits per heavy atom. The summed E-state index contributed by atoms with van der Waals surface area (Å²) in [7, 11) is 1.66. The van der Waals surface area contributed by atoms with Crippen LogP contribution in [0.25, 0.3) is 0 Å². The average Bonchev–Trinajstić information content (AvgIpc) is 2.67. The predicted molar refractivity (Wildman–Crippen MR) is 107 cm³/mol. The second-order valence-electron chi connectivity index (χ2n) is 6.12. The SMILES string of the molecule is COc1ccc(NCc2ccc(OCc3ccc(C)cc3)c(Cl)c2)cc1. The molecule has 134 valence electrons. The van der Waals surface area contributed by atoms with Crippen LogP contribution in [0.1, 0.15) is 16.7 Å². The third kappa shape index (κ3) is 4.93. The van der Waals surface area contributed by atoms with Crippen LogP contribution in [0.5, 0.6) is 11.5 Å². The van der Waals surface area contributed by atoms with Crippen LogP contribution in [0, 0.1) is 6.92 Å². The summed E-state index contributed by atoms with van der Waals surface area (Å²) in [5.41, 5.74) is 4.48. The second-order valence-corrected chi connectivity index (χ2v) is 6.53. The van der Waals surface area contributed by atoms with Crippen molar-refractivity contribution < 1.29 is 9.47 Å². The number of rotatable bonds is 7. The number of halogens is 1. The molecule has 0 bridgehead atoms. The first-order valence-corrected chi connectivity index (χ1v) is 8.86. The number of hydrogen-bond acceptors (Lipinski definition) is 3. The molecule has 26 heavy (non-hydrogen) atoms. The fourth-order valence-electron chi connectivity index (χ4n) is 2.53. The minimum atomic E-state index is 0.503. The lowest BCUT2D eigenvalue weighted by molar-refractivity contribution is 0.306. The van der Waals surface area contributed by atoms with Crippen LogP contribution in [0.4, 0.5) is 5.69 Å². The molecule has 0 saturated carbocycles. The molecule has 3 aromatic carbocycles. The van der Waals surface area contributed by atoms with Gasteiger partial charge in [0, 0.05) is 12.2 Å².